The lowest BCUT2D eigenvalue weighted by Gasteiger charge is -2.07. The number of ether oxygens (including phenoxy) is 1. The van der Waals surface area contributed by atoms with Crippen LogP contribution in [0.1, 0.15) is 11.3 Å². The van der Waals surface area contributed by atoms with Gasteiger partial charge in [-0.2, -0.15) is 4.98 Å². The summed E-state index contributed by atoms with van der Waals surface area (Å²) in [7, 11) is 1.86. The summed E-state index contributed by atoms with van der Waals surface area (Å²) < 4.78 is 19.2. The van der Waals surface area contributed by atoms with Crippen molar-refractivity contribution in [2.75, 3.05) is 7.05 Å². The molecule has 0 bridgehead atoms. The molecule has 0 radical (unpaired) electrons. The van der Waals surface area contributed by atoms with Crippen LogP contribution < -0.4 is 10.1 Å². The second kappa shape index (κ2) is 6.08. The maximum Gasteiger partial charge on any atom is 0.322 e. The van der Waals surface area contributed by atoms with Crippen LogP contribution in [-0.4, -0.2) is 17.0 Å². The smallest absolute Gasteiger partial charge is 0.322 e. The molecule has 2 aromatic rings. The summed E-state index contributed by atoms with van der Waals surface area (Å²) in [6.07, 6.45) is 1.70. The molecule has 0 saturated carbocycles. The van der Waals surface area contributed by atoms with E-state index < -0.39 is 0 Å². The molecular formula is C13H13BrFN3O. The topological polar surface area (TPSA) is 47.0 Å². The number of nitrogens with zero attached hydrogens (tertiary/aromatic N) is 2. The van der Waals surface area contributed by atoms with Crippen molar-refractivity contribution in [3.63, 3.8) is 0 Å². The third-order valence-electron chi connectivity index (χ3n) is 2.53. The van der Waals surface area contributed by atoms with E-state index in [9.17, 15) is 4.39 Å². The zero-order chi connectivity index (χ0) is 13.8. The van der Waals surface area contributed by atoms with E-state index in [2.05, 4.69) is 31.2 Å². The van der Waals surface area contributed by atoms with Gasteiger partial charge in [0.1, 0.15) is 11.6 Å². The second-order valence-electron chi connectivity index (χ2n) is 3.97. The highest BCUT2D eigenvalue weighted by Crippen LogP contribution is 2.24. The van der Waals surface area contributed by atoms with Gasteiger partial charge in [-0.25, -0.2) is 9.37 Å². The van der Waals surface area contributed by atoms with Crippen LogP contribution in [0.25, 0.3) is 0 Å². The quantitative estimate of drug-likeness (QED) is 0.937. The van der Waals surface area contributed by atoms with Gasteiger partial charge in [0.15, 0.2) is 0 Å². The molecule has 2 rings (SSSR count). The fourth-order valence-corrected chi connectivity index (χ4v) is 1.78. The van der Waals surface area contributed by atoms with Crippen LogP contribution in [0.15, 0.2) is 28.9 Å². The molecule has 1 heterocycles. The monoisotopic (exact) mass is 325 g/mol. The summed E-state index contributed by atoms with van der Waals surface area (Å²) in [5, 5.41) is 3.03. The van der Waals surface area contributed by atoms with Crippen LogP contribution in [0.2, 0.25) is 0 Å². The summed E-state index contributed by atoms with van der Waals surface area (Å²) >= 11 is 3.08. The highest BCUT2D eigenvalue weighted by Gasteiger charge is 2.07. The molecule has 0 atom stereocenters. The molecule has 0 aliphatic carbocycles. The van der Waals surface area contributed by atoms with E-state index in [0.717, 1.165) is 11.3 Å². The molecule has 0 spiro atoms. The third kappa shape index (κ3) is 3.48. The fraction of sp³-hybridized carbons (Fsp3) is 0.231. The van der Waals surface area contributed by atoms with Gasteiger partial charge in [0.2, 0.25) is 0 Å². The van der Waals surface area contributed by atoms with Crippen LogP contribution in [0, 0.1) is 12.7 Å². The van der Waals surface area contributed by atoms with E-state index in [4.69, 9.17) is 4.74 Å². The van der Waals surface area contributed by atoms with Gasteiger partial charge < -0.3 is 10.1 Å². The summed E-state index contributed by atoms with van der Waals surface area (Å²) in [6, 6.07) is 4.71. The van der Waals surface area contributed by atoms with E-state index in [1.165, 1.54) is 6.07 Å². The number of aryl methyl sites for hydroxylation is 1. The van der Waals surface area contributed by atoms with E-state index in [0.29, 0.717) is 16.8 Å². The first-order valence-electron chi connectivity index (χ1n) is 5.70. The Kier molecular flexibility index (Phi) is 4.44. The molecule has 0 saturated heterocycles. The molecule has 1 aromatic carbocycles. The van der Waals surface area contributed by atoms with E-state index in [1.54, 1.807) is 18.3 Å². The largest absolute Gasteiger partial charge is 0.424 e. The predicted octanol–water partition coefficient (Wildman–Crippen LogP) is 3.20. The lowest BCUT2D eigenvalue weighted by atomic mass is 10.2. The van der Waals surface area contributed by atoms with Gasteiger partial charge >= 0.3 is 6.01 Å². The van der Waals surface area contributed by atoms with Crippen molar-refractivity contribution < 1.29 is 9.13 Å². The lowest BCUT2D eigenvalue weighted by molar-refractivity contribution is 0.435. The van der Waals surface area contributed by atoms with Gasteiger partial charge in [0.25, 0.3) is 0 Å². The zero-order valence-corrected chi connectivity index (χ0v) is 12.2. The highest BCUT2D eigenvalue weighted by molar-refractivity contribution is 9.10. The molecule has 1 aromatic heterocycles. The van der Waals surface area contributed by atoms with E-state index in [-0.39, 0.29) is 11.8 Å². The van der Waals surface area contributed by atoms with Crippen molar-refractivity contribution in [1.82, 2.24) is 15.3 Å². The van der Waals surface area contributed by atoms with Crippen LogP contribution in [0.5, 0.6) is 11.8 Å². The molecule has 0 amide bonds. The molecule has 0 aliphatic rings. The maximum atomic E-state index is 13.3. The Hall–Kier alpha value is -1.53. The van der Waals surface area contributed by atoms with Crippen molar-refractivity contribution in [2.24, 2.45) is 0 Å². The zero-order valence-electron chi connectivity index (χ0n) is 10.6. The van der Waals surface area contributed by atoms with Crippen molar-refractivity contribution in [3.8, 4) is 11.8 Å². The number of aromatic nitrogens is 2. The normalized spacial score (nSPS) is 10.5. The Morgan fingerprint density at radius 2 is 2.21 bits per heavy atom. The van der Waals surface area contributed by atoms with Gasteiger partial charge in [-0.05, 0) is 42.0 Å². The Bertz CT molecular complexity index is 592. The van der Waals surface area contributed by atoms with Crippen LogP contribution in [-0.2, 0) is 6.54 Å². The Morgan fingerprint density at radius 3 is 2.84 bits per heavy atom. The van der Waals surface area contributed by atoms with E-state index in [1.807, 2.05) is 14.0 Å². The minimum atomic E-state index is -0.388. The molecule has 100 valence electrons. The number of rotatable bonds is 4. The van der Waals surface area contributed by atoms with Gasteiger partial charge in [-0.3, -0.25) is 0 Å². The van der Waals surface area contributed by atoms with Crippen LogP contribution >= 0.6 is 15.9 Å². The molecule has 1 N–H and O–H groups in total. The molecule has 6 heteroatoms. The third-order valence-corrected chi connectivity index (χ3v) is 3.17. The predicted molar refractivity (Wildman–Crippen MR) is 73.7 cm³/mol. The molecule has 19 heavy (non-hydrogen) atoms. The summed E-state index contributed by atoms with van der Waals surface area (Å²) in [4.78, 5) is 8.33. The van der Waals surface area contributed by atoms with Gasteiger partial charge in [0.05, 0.1) is 4.47 Å². The second-order valence-corrected chi connectivity index (χ2v) is 4.83. The van der Waals surface area contributed by atoms with Gasteiger partial charge in [0, 0.05) is 30.1 Å². The lowest BCUT2D eigenvalue weighted by Crippen LogP contribution is -2.08. The maximum absolute atomic E-state index is 13.3. The van der Waals surface area contributed by atoms with E-state index >= 15 is 0 Å². The van der Waals surface area contributed by atoms with Crippen LogP contribution in [0.3, 0.4) is 0 Å². The van der Waals surface area contributed by atoms with Gasteiger partial charge in [-0.15, -0.1) is 0 Å². The minimum absolute atomic E-state index is 0.207. The Balaban J connectivity index is 2.19. The van der Waals surface area contributed by atoms with Crippen molar-refractivity contribution in [1.29, 1.82) is 0 Å². The molecule has 4 nitrogen and oxygen atoms in total. The summed E-state index contributed by atoms with van der Waals surface area (Å²) in [5.74, 6) is -0.0255. The molecule has 0 unspecified atom stereocenters. The SMILES string of the molecule is CNCc1cnc(Oc2ccc(Br)c(F)c2)nc1C. The Labute approximate surface area is 119 Å². The first-order chi connectivity index (χ1) is 9.10. The standard InChI is InChI=1S/C13H13BrFN3O/c1-8-9(6-16-2)7-17-13(18-8)19-10-3-4-11(14)12(15)5-10/h3-5,7,16H,6H2,1-2H3. The average molecular weight is 326 g/mol. The fourth-order valence-electron chi connectivity index (χ4n) is 1.53. The number of nitrogens with one attached hydrogen (secondary N) is 1. The average Bonchev–Trinajstić information content (AvgIpc) is 2.37. The number of benzene rings is 1. The van der Waals surface area contributed by atoms with Crippen molar-refractivity contribution in [2.45, 2.75) is 13.5 Å². The van der Waals surface area contributed by atoms with Crippen molar-refractivity contribution in [3.05, 3.63) is 45.9 Å². The first kappa shape index (κ1) is 13.9. The number of hydrogen-bond donors (Lipinski definition) is 1. The summed E-state index contributed by atoms with van der Waals surface area (Å²) in [5.41, 5.74) is 1.83. The van der Waals surface area contributed by atoms with Crippen LogP contribution in [0.4, 0.5) is 4.39 Å². The first-order valence-corrected chi connectivity index (χ1v) is 6.49. The van der Waals surface area contributed by atoms with Crippen molar-refractivity contribution >= 4 is 15.9 Å². The molecular weight excluding hydrogens is 313 g/mol. The number of halogens is 2. The summed E-state index contributed by atoms with van der Waals surface area (Å²) in [6.45, 7) is 2.57. The number of hydrogen-bond acceptors (Lipinski definition) is 4. The Morgan fingerprint density at radius 1 is 1.42 bits per heavy atom. The van der Waals surface area contributed by atoms with Gasteiger partial charge in [-0.1, -0.05) is 0 Å². The minimum Gasteiger partial charge on any atom is -0.424 e. The molecule has 0 aliphatic heterocycles. The molecule has 0 fully saturated rings. The highest BCUT2D eigenvalue weighted by atomic mass is 79.9.